The van der Waals surface area contributed by atoms with Crippen molar-refractivity contribution in [2.45, 2.75) is 27.2 Å². The quantitative estimate of drug-likeness (QED) is 0.773. The second-order valence-electron chi connectivity index (χ2n) is 5.06. The SMILES string of the molecule is Cc1ccc(C=CC(=O)NCC(C)CCO)c(C)c1. The standard InChI is InChI=1S/C16H23NO2/c1-12-4-5-15(14(3)10-12)6-7-16(19)17-11-13(2)8-9-18/h4-7,10,13,18H,8-9,11H2,1-3H3,(H,17,19). The number of benzene rings is 1. The summed E-state index contributed by atoms with van der Waals surface area (Å²) in [4.78, 5) is 11.6. The van der Waals surface area contributed by atoms with Crippen LogP contribution in [0.2, 0.25) is 0 Å². The minimum absolute atomic E-state index is 0.0928. The van der Waals surface area contributed by atoms with Gasteiger partial charge in [0.2, 0.25) is 5.91 Å². The van der Waals surface area contributed by atoms with Crippen molar-refractivity contribution in [1.29, 1.82) is 0 Å². The second-order valence-corrected chi connectivity index (χ2v) is 5.06. The molecule has 0 aromatic heterocycles. The Kier molecular flexibility index (Phi) is 6.30. The average molecular weight is 261 g/mol. The van der Waals surface area contributed by atoms with Gasteiger partial charge in [-0.05, 0) is 43.4 Å². The lowest BCUT2D eigenvalue weighted by Gasteiger charge is -2.09. The Morgan fingerprint density at radius 3 is 2.79 bits per heavy atom. The molecule has 0 heterocycles. The minimum atomic E-state index is -0.0928. The Morgan fingerprint density at radius 1 is 1.42 bits per heavy atom. The molecule has 0 saturated carbocycles. The van der Waals surface area contributed by atoms with Crippen molar-refractivity contribution in [3.05, 3.63) is 41.0 Å². The Hall–Kier alpha value is -1.61. The summed E-state index contributed by atoms with van der Waals surface area (Å²) in [5.74, 6) is 0.202. The van der Waals surface area contributed by atoms with Crippen LogP contribution in [0.25, 0.3) is 6.08 Å². The lowest BCUT2D eigenvalue weighted by Crippen LogP contribution is -2.26. The average Bonchev–Trinajstić information content (AvgIpc) is 2.35. The number of aryl methyl sites for hydroxylation is 2. The Labute approximate surface area is 115 Å². The first-order valence-electron chi connectivity index (χ1n) is 6.67. The first-order chi connectivity index (χ1) is 9.02. The molecule has 0 spiro atoms. The number of nitrogens with one attached hydrogen (secondary N) is 1. The molecule has 0 aliphatic heterocycles. The zero-order chi connectivity index (χ0) is 14.3. The van der Waals surface area contributed by atoms with Crippen LogP contribution >= 0.6 is 0 Å². The molecular weight excluding hydrogens is 238 g/mol. The molecule has 1 aromatic rings. The molecular formula is C16H23NO2. The molecule has 3 nitrogen and oxygen atoms in total. The molecule has 0 saturated heterocycles. The second kappa shape index (κ2) is 7.74. The van der Waals surface area contributed by atoms with Crippen molar-refractivity contribution in [3.8, 4) is 0 Å². The van der Waals surface area contributed by atoms with Crippen LogP contribution in [0.3, 0.4) is 0 Å². The third-order valence-corrected chi connectivity index (χ3v) is 3.09. The Balaban J connectivity index is 2.49. The maximum absolute atomic E-state index is 11.6. The highest BCUT2D eigenvalue weighted by molar-refractivity contribution is 5.91. The maximum atomic E-state index is 11.6. The van der Waals surface area contributed by atoms with Crippen LogP contribution in [0.5, 0.6) is 0 Å². The normalized spacial score (nSPS) is 12.6. The number of amides is 1. The predicted octanol–water partition coefficient (Wildman–Crippen LogP) is 2.45. The van der Waals surface area contributed by atoms with Gasteiger partial charge in [0, 0.05) is 19.2 Å². The van der Waals surface area contributed by atoms with Crippen LogP contribution in [0.15, 0.2) is 24.3 Å². The number of hydrogen-bond donors (Lipinski definition) is 2. The van der Waals surface area contributed by atoms with Gasteiger partial charge < -0.3 is 10.4 Å². The summed E-state index contributed by atoms with van der Waals surface area (Å²) in [5, 5.41) is 11.6. The van der Waals surface area contributed by atoms with E-state index in [-0.39, 0.29) is 12.5 Å². The smallest absolute Gasteiger partial charge is 0.244 e. The van der Waals surface area contributed by atoms with Crippen molar-refractivity contribution in [2.24, 2.45) is 5.92 Å². The zero-order valence-corrected chi connectivity index (χ0v) is 11.9. The van der Waals surface area contributed by atoms with Crippen LogP contribution in [0, 0.1) is 19.8 Å². The molecule has 0 fully saturated rings. The fraction of sp³-hybridized carbons (Fsp3) is 0.438. The number of hydrogen-bond acceptors (Lipinski definition) is 2. The van der Waals surface area contributed by atoms with E-state index >= 15 is 0 Å². The summed E-state index contributed by atoms with van der Waals surface area (Å²) < 4.78 is 0. The Bertz CT molecular complexity index is 452. The third kappa shape index (κ3) is 5.71. The van der Waals surface area contributed by atoms with E-state index in [4.69, 9.17) is 5.11 Å². The molecule has 1 rings (SSSR count). The predicted molar refractivity (Wildman–Crippen MR) is 78.8 cm³/mol. The van der Waals surface area contributed by atoms with E-state index in [2.05, 4.69) is 18.3 Å². The van der Waals surface area contributed by atoms with Gasteiger partial charge >= 0.3 is 0 Å². The summed E-state index contributed by atoms with van der Waals surface area (Å²) >= 11 is 0. The van der Waals surface area contributed by atoms with Gasteiger partial charge in [-0.1, -0.05) is 30.7 Å². The molecule has 1 unspecified atom stereocenters. The van der Waals surface area contributed by atoms with Crippen molar-refractivity contribution in [1.82, 2.24) is 5.32 Å². The van der Waals surface area contributed by atoms with Gasteiger partial charge in [0.15, 0.2) is 0 Å². The summed E-state index contributed by atoms with van der Waals surface area (Å²) in [5.41, 5.74) is 3.44. The molecule has 3 heteroatoms. The van der Waals surface area contributed by atoms with Crippen LogP contribution in [-0.2, 0) is 4.79 Å². The van der Waals surface area contributed by atoms with E-state index in [0.717, 1.165) is 11.1 Å². The van der Waals surface area contributed by atoms with Gasteiger partial charge in [-0.15, -0.1) is 0 Å². The van der Waals surface area contributed by atoms with E-state index in [1.807, 2.05) is 32.1 Å². The highest BCUT2D eigenvalue weighted by Crippen LogP contribution is 2.11. The summed E-state index contributed by atoms with van der Waals surface area (Å²) in [6.07, 6.45) is 4.10. The fourth-order valence-electron chi connectivity index (χ4n) is 1.83. The van der Waals surface area contributed by atoms with E-state index in [1.54, 1.807) is 6.08 Å². The molecule has 104 valence electrons. The molecule has 0 aliphatic carbocycles. The van der Waals surface area contributed by atoms with E-state index in [9.17, 15) is 4.79 Å². The molecule has 0 radical (unpaired) electrons. The third-order valence-electron chi connectivity index (χ3n) is 3.09. The van der Waals surface area contributed by atoms with E-state index in [1.165, 1.54) is 5.56 Å². The number of rotatable bonds is 6. The molecule has 1 amide bonds. The first-order valence-corrected chi connectivity index (χ1v) is 6.67. The first kappa shape index (κ1) is 15.4. The van der Waals surface area contributed by atoms with Crippen molar-refractivity contribution < 1.29 is 9.90 Å². The van der Waals surface area contributed by atoms with Gasteiger partial charge in [0.05, 0.1) is 0 Å². The van der Waals surface area contributed by atoms with Crippen molar-refractivity contribution >= 4 is 12.0 Å². The monoisotopic (exact) mass is 261 g/mol. The van der Waals surface area contributed by atoms with Gasteiger partial charge in [-0.25, -0.2) is 0 Å². The maximum Gasteiger partial charge on any atom is 0.244 e. The molecule has 0 bridgehead atoms. The summed E-state index contributed by atoms with van der Waals surface area (Å²) in [6, 6.07) is 6.15. The van der Waals surface area contributed by atoms with Crippen molar-refractivity contribution in [3.63, 3.8) is 0 Å². The van der Waals surface area contributed by atoms with Gasteiger partial charge in [-0.3, -0.25) is 4.79 Å². The highest BCUT2D eigenvalue weighted by atomic mass is 16.3. The number of aliphatic hydroxyl groups is 1. The number of aliphatic hydroxyl groups excluding tert-OH is 1. The lowest BCUT2D eigenvalue weighted by molar-refractivity contribution is -0.116. The topological polar surface area (TPSA) is 49.3 Å². The van der Waals surface area contributed by atoms with Gasteiger partial charge in [0.1, 0.15) is 0 Å². The Morgan fingerprint density at radius 2 is 2.16 bits per heavy atom. The number of carbonyl (C=O) groups excluding carboxylic acids is 1. The number of carbonyl (C=O) groups is 1. The summed E-state index contributed by atoms with van der Waals surface area (Å²) in [6.45, 7) is 6.85. The van der Waals surface area contributed by atoms with Crippen LogP contribution in [0.4, 0.5) is 0 Å². The van der Waals surface area contributed by atoms with Crippen molar-refractivity contribution in [2.75, 3.05) is 13.2 Å². The van der Waals surface area contributed by atoms with E-state index < -0.39 is 0 Å². The molecule has 1 atom stereocenters. The van der Waals surface area contributed by atoms with Gasteiger partial charge in [0.25, 0.3) is 0 Å². The molecule has 0 aliphatic rings. The highest BCUT2D eigenvalue weighted by Gasteiger charge is 2.02. The minimum Gasteiger partial charge on any atom is -0.396 e. The van der Waals surface area contributed by atoms with E-state index in [0.29, 0.717) is 18.9 Å². The van der Waals surface area contributed by atoms with Crippen LogP contribution in [0.1, 0.15) is 30.0 Å². The zero-order valence-electron chi connectivity index (χ0n) is 11.9. The molecule has 2 N–H and O–H groups in total. The fourth-order valence-corrected chi connectivity index (χ4v) is 1.83. The molecule has 19 heavy (non-hydrogen) atoms. The van der Waals surface area contributed by atoms with Gasteiger partial charge in [-0.2, -0.15) is 0 Å². The lowest BCUT2D eigenvalue weighted by atomic mass is 10.1. The van der Waals surface area contributed by atoms with Crippen LogP contribution < -0.4 is 5.32 Å². The van der Waals surface area contributed by atoms with Crippen LogP contribution in [-0.4, -0.2) is 24.2 Å². The largest absolute Gasteiger partial charge is 0.396 e. The summed E-state index contributed by atoms with van der Waals surface area (Å²) in [7, 11) is 0. The molecule has 1 aromatic carbocycles.